The molecule has 0 aliphatic carbocycles. The van der Waals surface area contributed by atoms with Crippen molar-refractivity contribution in [2.24, 2.45) is 5.92 Å². The first-order chi connectivity index (χ1) is 13.0. The average Bonchev–Trinajstić information content (AvgIpc) is 3.04. The summed E-state index contributed by atoms with van der Waals surface area (Å²) in [5.74, 6) is 1.67. The Morgan fingerprint density at radius 1 is 1.30 bits per heavy atom. The predicted molar refractivity (Wildman–Crippen MR) is 117 cm³/mol. The number of likely N-dealkylation sites (tertiary alicyclic amines) is 1. The zero-order valence-electron chi connectivity index (χ0n) is 16.6. The third-order valence-electron chi connectivity index (χ3n) is 5.76. The summed E-state index contributed by atoms with van der Waals surface area (Å²) < 4.78 is 6.55. The van der Waals surface area contributed by atoms with E-state index in [0.29, 0.717) is 11.3 Å². The van der Waals surface area contributed by atoms with Crippen LogP contribution in [-0.2, 0) is 6.42 Å². The fraction of sp³-hybridized carbons (Fsp3) is 0.667. The van der Waals surface area contributed by atoms with E-state index in [1.807, 2.05) is 11.0 Å². The van der Waals surface area contributed by atoms with Gasteiger partial charge in [0.25, 0.3) is 5.24 Å². The Bertz CT molecular complexity index is 647. The zero-order valence-corrected chi connectivity index (χ0v) is 19.0. The number of methoxy groups -OCH3 is 1. The highest BCUT2D eigenvalue weighted by Gasteiger charge is 2.32. The van der Waals surface area contributed by atoms with Gasteiger partial charge >= 0.3 is 0 Å². The van der Waals surface area contributed by atoms with Gasteiger partial charge in [-0.05, 0) is 88.8 Å². The lowest BCUT2D eigenvalue weighted by Crippen LogP contribution is -2.36. The maximum atomic E-state index is 12.0. The Balaban J connectivity index is 1.41. The largest absolute Gasteiger partial charge is 0.497 e. The predicted octanol–water partition coefficient (Wildman–Crippen LogP) is 5.05. The lowest BCUT2D eigenvalue weighted by Gasteiger charge is -2.32. The molecule has 3 rings (SSSR count). The number of piperidine rings is 1. The normalized spacial score (nSPS) is 22.0. The third-order valence-corrected chi connectivity index (χ3v) is 7.69. The summed E-state index contributed by atoms with van der Waals surface area (Å²) in [6.45, 7) is 8.59. The molecule has 6 heteroatoms. The highest BCUT2D eigenvalue weighted by atomic mass is 79.9. The molecule has 1 unspecified atom stereocenters. The summed E-state index contributed by atoms with van der Waals surface area (Å²) in [6.07, 6.45) is 4.73. The van der Waals surface area contributed by atoms with Crippen LogP contribution in [-0.4, -0.2) is 59.6 Å². The van der Waals surface area contributed by atoms with Crippen molar-refractivity contribution in [1.82, 2.24) is 9.80 Å². The minimum absolute atomic E-state index is 0.262. The third kappa shape index (κ3) is 5.64. The van der Waals surface area contributed by atoms with Crippen molar-refractivity contribution < 1.29 is 9.53 Å². The van der Waals surface area contributed by atoms with Crippen molar-refractivity contribution in [3.63, 3.8) is 0 Å². The first-order valence-corrected chi connectivity index (χ1v) is 11.7. The van der Waals surface area contributed by atoms with Crippen molar-refractivity contribution in [2.75, 3.05) is 33.3 Å². The van der Waals surface area contributed by atoms with Gasteiger partial charge in [-0.15, -0.1) is 0 Å². The minimum atomic E-state index is 0.262. The van der Waals surface area contributed by atoms with Crippen LogP contribution in [0, 0.1) is 5.92 Å². The standard InChI is InChI=1S/C21H31BrN2O2S/c1-15(2)24-14-19(27-21(24)25)8-11-23-9-6-16(7-10-23)12-17-13-18(26-3)4-5-20(17)22/h4-5,13,15-16,19H,6-12,14H2,1-3H3. The summed E-state index contributed by atoms with van der Waals surface area (Å²) in [5.41, 5.74) is 1.35. The summed E-state index contributed by atoms with van der Waals surface area (Å²) in [4.78, 5) is 16.6. The lowest BCUT2D eigenvalue weighted by molar-refractivity contribution is 0.179. The van der Waals surface area contributed by atoms with Crippen LogP contribution < -0.4 is 4.74 Å². The van der Waals surface area contributed by atoms with Crippen molar-refractivity contribution in [2.45, 2.75) is 50.8 Å². The van der Waals surface area contributed by atoms with Crippen LogP contribution in [0.25, 0.3) is 0 Å². The van der Waals surface area contributed by atoms with Gasteiger partial charge < -0.3 is 14.5 Å². The average molecular weight is 455 g/mol. The maximum Gasteiger partial charge on any atom is 0.282 e. The number of thioether (sulfide) groups is 1. The van der Waals surface area contributed by atoms with E-state index >= 15 is 0 Å². The molecule has 1 aromatic rings. The molecular formula is C21H31BrN2O2S. The Kier molecular flexibility index (Phi) is 7.51. The Labute approximate surface area is 176 Å². The van der Waals surface area contributed by atoms with Crippen LogP contribution in [0.5, 0.6) is 5.75 Å². The number of amides is 1. The fourth-order valence-electron chi connectivity index (χ4n) is 4.00. The second-order valence-corrected chi connectivity index (χ2v) is 10.1. The second-order valence-electron chi connectivity index (χ2n) is 7.99. The van der Waals surface area contributed by atoms with Crippen molar-refractivity contribution in [3.8, 4) is 5.75 Å². The first kappa shape index (κ1) is 21.0. The Hall–Kier alpha value is -0.720. The molecule has 27 heavy (non-hydrogen) atoms. The molecule has 0 radical (unpaired) electrons. The Morgan fingerprint density at radius 3 is 2.67 bits per heavy atom. The van der Waals surface area contributed by atoms with E-state index in [1.165, 1.54) is 36.0 Å². The van der Waals surface area contributed by atoms with Gasteiger partial charge in [-0.25, -0.2) is 0 Å². The number of nitrogens with zero attached hydrogens (tertiary/aromatic N) is 2. The molecule has 0 aromatic heterocycles. The van der Waals surface area contributed by atoms with E-state index in [1.54, 1.807) is 18.9 Å². The molecule has 0 spiro atoms. The number of hydrogen-bond acceptors (Lipinski definition) is 4. The van der Waals surface area contributed by atoms with Gasteiger partial charge in [0.05, 0.1) is 7.11 Å². The molecule has 0 saturated carbocycles. The van der Waals surface area contributed by atoms with Crippen molar-refractivity contribution in [3.05, 3.63) is 28.2 Å². The SMILES string of the molecule is COc1ccc(Br)c(CC2CCN(CCC3CN(C(C)C)C(=O)S3)CC2)c1. The van der Waals surface area contributed by atoms with Crippen LogP contribution in [0.1, 0.15) is 38.7 Å². The van der Waals surface area contributed by atoms with Crippen LogP contribution in [0.4, 0.5) is 4.79 Å². The molecule has 1 amide bonds. The summed E-state index contributed by atoms with van der Waals surface area (Å²) in [7, 11) is 1.72. The van der Waals surface area contributed by atoms with Crippen LogP contribution in [0.15, 0.2) is 22.7 Å². The summed E-state index contributed by atoms with van der Waals surface area (Å²) in [6, 6.07) is 6.57. The van der Waals surface area contributed by atoms with Gasteiger partial charge in [-0.1, -0.05) is 27.7 Å². The molecule has 0 bridgehead atoms. The van der Waals surface area contributed by atoms with E-state index in [-0.39, 0.29) is 5.24 Å². The quantitative estimate of drug-likeness (QED) is 0.576. The van der Waals surface area contributed by atoms with Gasteiger partial charge in [0.1, 0.15) is 5.75 Å². The molecule has 2 saturated heterocycles. The Morgan fingerprint density at radius 2 is 2.04 bits per heavy atom. The highest BCUT2D eigenvalue weighted by molar-refractivity contribution is 9.10. The van der Waals surface area contributed by atoms with Gasteiger partial charge in [0, 0.05) is 22.3 Å². The number of rotatable bonds is 7. The molecule has 2 heterocycles. The lowest BCUT2D eigenvalue weighted by atomic mass is 9.90. The topological polar surface area (TPSA) is 32.8 Å². The number of hydrogen-bond donors (Lipinski definition) is 0. The minimum Gasteiger partial charge on any atom is -0.497 e. The number of benzene rings is 1. The van der Waals surface area contributed by atoms with Gasteiger partial charge in [0.2, 0.25) is 0 Å². The van der Waals surface area contributed by atoms with E-state index < -0.39 is 0 Å². The number of halogens is 1. The summed E-state index contributed by atoms with van der Waals surface area (Å²) >= 11 is 5.22. The van der Waals surface area contributed by atoms with Gasteiger partial charge in [-0.3, -0.25) is 4.79 Å². The highest BCUT2D eigenvalue weighted by Crippen LogP contribution is 2.31. The molecule has 2 fully saturated rings. The van der Waals surface area contributed by atoms with Gasteiger partial charge in [0.15, 0.2) is 0 Å². The molecule has 150 valence electrons. The fourth-order valence-corrected chi connectivity index (χ4v) is 5.57. The molecule has 0 N–H and O–H groups in total. The van der Waals surface area contributed by atoms with Crippen LogP contribution >= 0.6 is 27.7 Å². The molecule has 4 nitrogen and oxygen atoms in total. The number of ether oxygens (including phenoxy) is 1. The van der Waals surface area contributed by atoms with E-state index in [4.69, 9.17) is 4.74 Å². The maximum absolute atomic E-state index is 12.0. The van der Waals surface area contributed by atoms with E-state index in [2.05, 4.69) is 46.8 Å². The molecule has 1 atom stereocenters. The van der Waals surface area contributed by atoms with E-state index in [0.717, 1.165) is 37.6 Å². The summed E-state index contributed by atoms with van der Waals surface area (Å²) in [5, 5.41) is 0.725. The van der Waals surface area contributed by atoms with Crippen LogP contribution in [0.2, 0.25) is 0 Å². The molecule has 2 aliphatic heterocycles. The first-order valence-electron chi connectivity index (χ1n) is 9.98. The number of carbonyl (C=O) groups excluding carboxylic acids is 1. The molecular weight excluding hydrogens is 424 g/mol. The smallest absolute Gasteiger partial charge is 0.282 e. The molecule has 1 aromatic carbocycles. The second kappa shape index (κ2) is 9.66. The van der Waals surface area contributed by atoms with Crippen LogP contribution in [0.3, 0.4) is 0 Å². The van der Waals surface area contributed by atoms with Crippen molar-refractivity contribution >= 4 is 32.9 Å². The number of carbonyl (C=O) groups is 1. The van der Waals surface area contributed by atoms with Crippen molar-refractivity contribution in [1.29, 1.82) is 0 Å². The monoisotopic (exact) mass is 454 g/mol. The molecule has 2 aliphatic rings. The zero-order chi connectivity index (χ0) is 19.4. The van der Waals surface area contributed by atoms with Gasteiger partial charge in [-0.2, -0.15) is 0 Å². The van der Waals surface area contributed by atoms with E-state index in [9.17, 15) is 4.79 Å².